The monoisotopic (exact) mass is 616 g/mol. The van der Waals surface area contributed by atoms with Crippen molar-refractivity contribution in [2.45, 2.75) is 33.7 Å². The van der Waals surface area contributed by atoms with Gasteiger partial charge in [-0.15, -0.1) is 0 Å². The van der Waals surface area contributed by atoms with E-state index in [1.165, 1.54) is 28.0 Å². The van der Waals surface area contributed by atoms with Gasteiger partial charge in [0.1, 0.15) is 29.1 Å². The van der Waals surface area contributed by atoms with Gasteiger partial charge in [-0.25, -0.2) is 4.99 Å². The first-order valence-electron chi connectivity index (χ1n) is 14.0. The van der Waals surface area contributed by atoms with Crippen LogP contribution < -0.4 is 24.4 Å². The van der Waals surface area contributed by atoms with Crippen LogP contribution in [0, 0.1) is 17.0 Å². The predicted octanol–water partition coefficient (Wildman–Crippen LogP) is 4.60. The molecule has 5 rings (SSSR count). The van der Waals surface area contributed by atoms with Gasteiger partial charge in [-0.1, -0.05) is 11.3 Å². The second-order valence-electron chi connectivity index (χ2n) is 10.1. The number of nitro benzene ring substituents is 1. The van der Waals surface area contributed by atoms with E-state index in [0.29, 0.717) is 73.4 Å². The number of rotatable bonds is 9. The van der Waals surface area contributed by atoms with Crippen LogP contribution in [-0.2, 0) is 4.79 Å². The molecule has 1 atom stereocenters. The number of hydrogen-bond acceptors (Lipinski definition) is 9. The number of thiazole rings is 1. The first-order chi connectivity index (χ1) is 21.1. The molecular formula is C32H32N4O7S. The molecule has 228 valence electrons. The number of amides is 1. The molecule has 12 heteroatoms. The highest BCUT2D eigenvalue weighted by Crippen LogP contribution is 2.38. The minimum Gasteiger partial charge on any atom is -0.497 e. The second kappa shape index (κ2) is 12.3. The molecule has 4 aromatic rings. The minimum atomic E-state index is -0.818. The van der Waals surface area contributed by atoms with Crippen molar-refractivity contribution in [2.24, 2.45) is 4.99 Å². The third kappa shape index (κ3) is 5.44. The maximum absolute atomic E-state index is 14.1. The van der Waals surface area contributed by atoms with Gasteiger partial charge in [0.25, 0.3) is 17.2 Å². The number of carbonyl (C=O) groups is 1. The van der Waals surface area contributed by atoms with Crippen molar-refractivity contribution >= 4 is 29.0 Å². The third-order valence-electron chi connectivity index (χ3n) is 7.62. The van der Waals surface area contributed by atoms with Crippen LogP contribution in [0.3, 0.4) is 0 Å². The van der Waals surface area contributed by atoms with Crippen molar-refractivity contribution in [1.29, 1.82) is 0 Å². The summed E-state index contributed by atoms with van der Waals surface area (Å²) in [6.07, 6.45) is 1.64. The molecule has 1 amide bonds. The largest absolute Gasteiger partial charge is 0.497 e. The lowest BCUT2D eigenvalue weighted by Crippen LogP contribution is -2.43. The Bertz CT molecular complexity index is 1980. The van der Waals surface area contributed by atoms with Gasteiger partial charge in [0.15, 0.2) is 4.80 Å². The summed E-state index contributed by atoms with van der Waals surface area (Å²) in [4.78, 5) is 45.6. The maximum Gasteiger partial charge on any atom is 0.271 e. The molecule has 1 aliphatic heterocycles. The standard InChI is InChI=1S/C32H32N4O7S/c1-7-34(8-2)31(38)28-19(4)33-32-35(29(28)24-16-21(41-5)10-13-25(24)42-6)30(37)27(44-32)17-22-11-14-26(43-22)23-12-9-20(36(39)40)15-18(23)3/h9-17,29H,7-8H2,1-6H3/b27-17+/t29-/m0/s1. The number of methoxy groups -OCH3 is 2. The molecule has 2 aromatic heterocycles. The number of aromatic nitrogens is 1. The van der Waals surface area contributed by atoms with E-state index in [2.05, 4.69) is 0 Å². The van der Waals surface area contributed by atoms with Gasteiger partial charge in [0, 0.05) is 42.4 Å². The smallest absolute Gasteiger partial charge is 0.271 e. The lowest BCUT2D eigenvalue weighted by Gasteiger charge is -2.30. The van der Waals surface area contributed by atoms with Crippen LogP contribution in [0.25, 0.3) is 17.4 Å². The van der Waals surface area contributed by atoms with Crippen LogP contribution in [0.4, 0.5) is 5.69 Å². The number of aryl methyl sites for hydroxylation is 1. The zero-order valence-electron chi connectivity index (χ0n) is 25.2. The van der Waals surface area contributed by atoms with Gasteiger partial charge < -0.3 is 18.8 Å². The van der Waals surface area contributed by atoms with Gasteiger partial charge in [-0.3, -0.25) is 24.3 Å². The summed E-state index contributed by atoms with van der Waals surface area (Å²) in [5, 5.41) is 11.1. The molecule has 0 fully saturated rings. The number of allylic oxidation sites excluding steroid dienone is 1. The molecule has 0 unspecified atom stereocenters. The van der Waals surface area contributed by atoms with Crippen molar-refractivity contribution in [2.75, 3.05) is 27.3 Å². The zero-order valence-corrected chi connectivity index (χ0v) is 26.1. The topological polar surface area (TPSA) is 129 Å². The van der Waals surface area contributed by atoms with E-state index in [4.69, 9.17) is 18.9 Å². The summed E-state index contributed by atoms with van der Waals surface area (Å²) in [5.41, 5.74) is 2.54. The summed E-state index contributed by atoms with van der Waals surface area (Å²) in [6, 6.07) is 12.5. The Morgan fingerprint density at radius 3 is 2.50 bits per heavy atom. The number of furan rings is 1. The van der Waals surface area contributed by atoms with Crippen molar-refractivity contribution in [3.05, 3.63) is 106 Å². The first kappa shape index (κ1) is 30.5. The van der Waals surface area contributed by atoms with E-state index < -0.39 is 11.0 Å². The van der Waals surface area contributed by atoms with Gasteiger partial charge in [0.05, 0.1) is 34.9 Å². The number of hydrogen-bond donors (Lipinski definition) is 0. The quantitative estimate of drug-likeness (QED) is 0.199. The van der Waals surface area contributed by atoms with Crippen LogP contribution in [0.5, 0.6) is 11.5 Å². The van der Waals surface area contributed by atoms with E-state index in [1.807, 2.05) is 13.8 Å². The van der Waals surface area contributed by atoms with E-state index >= 15 is 0 Å². The maximum atomic E-state index is 14.1. The molecule has 2 aromatic carbocycles. The number of benzene rings is 2. The predicted molar refractivity (Wildman–Crippen MR) is 167 cm³/mol. The third-order valence-corrected chi connectivity index (χ3v) is 8.60. The Hall–Kier alpha value is -4.97. The summed E-state index contributed by atoms with van der Waals surface area (Å²) in [7, 11) is 3.09. The van der Waals surface area contributed by atoms with Crippen LogP contribution in [0.2, 0.25) is 0 Å². The molecule has 0 bridgehead atoms. The highest BCUT2D eigenvalue weighted by atomic mass is 32.1. The normalized spacial score (nSPS) is 14.7. The van der Waals surface area contributed by atoms with Crippen molar-refractivity contribution in [3.63, 3.8) is 0 Å². The van der Waals surface area contributed by atoms with Gasteiger partial charge in [0.2, 0.25) is 0 Å². The Morgan fingerprint density at radius 2 is 1.86 bits per heavy atom. The fourth-order valence-electron chi connectivity index (χ4n) is 5.37. The van der Waals surface area contributed by atoms with Gasteiger partial charge in [-0.05, 0) is 69.7 Å². The fourth-order valence-corrected chi connectivity index (χ4v) is 6.39. The summed E-state index contributed by atoms with van der Waals surface area (Å²) in [5.74, 6) is 1.78. The van der Waals surface area contributed by atoms with E-state index in [0.717, 1.165) is 0 Å². The van der Waals surface area contributed by atoms with Crippen molar-refractivity contribution in [3.8, 4) is 22.8 Å². The molecule has 0 radical (unpaired) electrons. The molecule has 3 heterocycles. The van der Waals surface area contributed by atoms with Crippen LogP contribution in [0.15, 0.2) is 74.0 Å². The van der Waals surface area contributed by atoms with Gasteiger partial charge in [-0.2, -0.15) is 0 Å². The van der Waals surface area contributed by atoms with Crippen LogP contribution >= 0.6 is 11.3 Å². The summed E-state index contributed by atoms with van der Waals surface area (Å²) < 4.78 is 19.1. The Morgan fingerprint density at radius 1 is 1.11 bits per heavy atom. The number of nitrogens with zero attached hydrogens (tertiary/aromatic N) is 4. The lowest BCUT2D eigenvalue weighted by molar-refractivity contribution is -0.384. The summed E-state index contributed by atoms with van der Waals surface area (Å²) in [6.45, 7) is 8.35. The van der Waals surface area contributed by atoms with Crippen molar-refractivity contribution < 1.29 is 23.6 Å². The SMILES string of the molecule is CCN(CC)C(=O)C1=C(C)N=c2s/c(=C/c3ccc(-c4ccc([N+](=O)[O-])cc4C)o3)c(=O)n2[C@H]1c1cc(OC)ccc1OC. The molecular weight excluding hydrogens is 584 g/mol. The molecule has 0 saturated carbocycles. The second-order valence-corrected chi connectivity index (χ2v) is 11.1. The molecule has 44 heavy (non-hydrogen) atoms. The number of non-ortho nitro benzene ring substituents is 1. The fraction of sp³-hybridized carbons (Fsp3) is 0.281. The number of fused-ring (bicyclic) bond motifs is 1. The van der Waals surface area contributed by atoms with Gasteiger partial charge >= 0.3 is 0 Å². The number of likely N-dealkylation sites (N-methyl/N-ethyl adjacent to an activating group) is 1. The molecule has 0 spiro atoms. The zero-order chi connectivity index (χ0) is 31.7. The van der Waals surface area contributed by atoms with E-state index in [9.17, 15) is 19.7 Å². The van der Waals surface area contributed by atoms with Crippen LogP contribution in [-0.4, -0.2) is 47.6 Å². The molecule has 0 N–H and O–H groups in total. The van der Waals surface area contributed by atoms with E-state index in [1.54, 1.807) is 75.4 Å². The van der Waals surface area contributed by atoms with Crippen molar-refractivity contribution in [1.82, 2.24) is 9.47 Å². The average Bonchev–Trinajstić information content (AvgIpc) is 3.60. The highest BCUT2D eigenvalue weighted by Gasteiger charge is 2.36. The molecule has 0 saturated heterocycles. The number of carbonyl (C=O) groups excluding carboxylic acids is 1. The number of nitro groups is 1. The lowest BCUT2D eigenvalue weighted by atomic mass is 9.93. The molecule has 1 aliphatic rings. The molecule has 11 nitrogen and oxygen atoms in total. The van der Waals surface area contributed by atoms with Crippen LogP contribution in [0.1, 0.15) is 43.7 Å². The highest BCUT2D eigenvalue weighted by molar-refractivity contribution is 7.07. The average molecular weight is 617 g/mol. The minimum absolute atomic E-state index is 0.00417. The Labute approximate surface area is 257 Å². The Balaban J connectivity index is 1.67. The summed E-state index contributed by atoms with van der Waals surface area (Å²) >= 11 is 1.19. The first-order valence-corrected chi connectivity index (χ1v) is 14.8. The van der Waals surface area contributed by atoms with E-state index in [-0.39, 0.29) is 17.2 Å². The molecule has 0 aliphatic carbocycles. The number of ether oxygens (including phenoxy) is 2. The Kier molecular flexibility index (Phi) is 8.54.